The first kappa shape index (κ1) is 10.2. The predicted molar refractivity (Wildman–Crippen MR) is 50.3 cm³/mol. The average Bonchev–Trinajstić information content (AvgIpc) is 2.54. The van der Waals surface area contributed by atoms with E-state index in [1.54, 1.807) is 10.9 Å². The molecule has 0 bridgehead atoms. The SMILES string of the molecule is CCCCCc1cnnn1CCO. The molecule has 1 heterocycles. The van der Waals surface area contributed by atoms with Crippen LogP contribution in [-0.2, 0) is 13.0 Å². The van der Waals surface area contributed by atoms with Crippen molar-refractivity contribution in [3.63, 3.8) is 0 Å². The summed E-state index contributed by atoms with van der Waals surface area (Å²) in [5.74, 6) is 0. The highest BCUT2D eigenvalue weighted by Crippen LogP contribution is 2.04. The second kappa shape index (κ2) is 5.70. The zero-order valence-electron chi connectivity index (χ0n) is 8.11. The van der Waals surface area contributed by atoms with Crippen LogP contribution >= 0.6 is 0 Å². The van der Waals surface area contributed by atoms with Crippen molar-refractivity contribution in [3.05, 3.63) is 11.9 Å². The van der Waals surface area contributed by atoms with E-state index in [1.165, 1.54) is 19.3 Å². The van der Waals surface area contributed by atoms with Gasteiger partial charge in [-0.15, -0.1) is 5.10 Å². The molecule has 0 amide bonds. The molecule has 0 aromatic carbocycles. The van der Waals surface area contributed by atoms with Crippen molar-refractivity contribution in [1.29, 1.82) is 0 Å². The summed E-state index contributed by atoms with van der Waals surface area (Å²) in [5.41, 5.74) is 1.13. The molecular weight excluding hydrogens is 166 g/mol. The number of aromatic nitrogens is 3. The fourth-order valence-electron chi connectivity index (χ4n) is 1.31. The van der Waals surface area contributed by atoms with Gasteiger partial charge in [-0.1, -0.05) is 25.0 Å². The maximum absolute atomic E-state index is 8.75. The lowest BCUT2D eigenvalue weighted by molar-refractivity contribution is 0.265. The Labute approximate surface area is 78.6 Å². The summed E-state index contributed by atoms with van der Waals surface area (Å²) in [4.78, 5) is 0. The van der Waals surface area contributed by atoms with Crippen LogP contribution in [-0.4, -0.2) is 26.7 Å². The van der Waals surface area contributed by atoms with Crippen LogP contribution in [0.25, 0.3) is 0 Å². The van der Waals surface area contributed by atoms with Crippen molar-refractivity contribution in [3.8, 4) is 0 Å². The van der Waals surface area contributed by atoms with Crippen LogP contribution in [0.3, 0.4) is 0 Å². The van der Waals surface area contributed by atoms with E-state index in [0.717, 1.165) is 12.1 Å². The van der Waals surface area contributed by atoms with E-state index in [2.05, 4.69) is 17.2 Å². The highest BCUT2D eigenvalue weighted by atomic mass is 16.3. The Balaban J connectivity index is 2.40. The smallest absolute Gasteiger partial charge is 0.0725 e. The summed E-state index contributed by atoms with van der Waals surface area (Å²) >= 11 is 0. The molecule has 0 fully saturated rings. The molecule has 13 heavy (non-hydrogen) atoms. The monoisotopic (exact) mass is 183 g/mol. The van der Waals surface area contributed by atoms with Crippen LogP contribution in [0.2, 0.25) is 0 Å². The average molecular weight is 183 g/mol. The fraction of sp³-hybridized carbons (Fsp3) is 0.778. The van der Waals surface area contributed by atoms with E-state index < -0.39 is 0 Å². The first-order chi connectivity index (χ1) is 6.38. The second-order valence-electron chi connectivity index (χ2n) is 3.13. The number of aliphatic hydroxyl groups is 1. The molecule has 4 heteroatoms. The molecule has 0 saturated heterocycles. The minimum absolute atomic E-state index is 0.129. The molecule has 1 rings (SSSR count). The van der Waals surface area contributed by atoms with Crippen molar-refractivity contribution in [1.82, 2.24) is 15.0 Å². The van der Waals surface area contributed by atoms with Gasteiger partial charge in [0.25, 0.3) is 0 Å². The minimum Gasteiger partial charge on any atom is -0.394 e. The zero-order chi connectivity index (χ0) is 9.52. The highest BCUT2D eigenvalue weighted by Gasteiger charge is 2.01. The molecule has 1 N–H and O–H groups in total. The van der Waals surface area contributed by atoms with Gasteiger partial charge in [0, 0.05) is 0 Å². The maximum Gasteiger partial charge on any atom is 0.0725 e. The number of hydrogen-bond donors (Lipinski definition) is 1. The van der Waals surface area contributed by atoms with E-state index >= 15 is 0 Å². The normalized spacial score (nSPS) is 10.6. The van der Waals surface area contributed by atoms with Crippen LogP contribution in [0, 0.1) is 0 Å². The van der Waals surface area contributed by atoms with Crippen molar-refractivity contribution >= 4 is 0 Å². The van der Waals surface area contributed by atoms with Crippen LogP contribution in [0.4, 0.5) is 0 Å². The first-order valence-corrected chi connectivity index (χ1v) is 4.86. The Kier molecular flexibility index (Phi) is 4.46. The van der Waals surface area contributed by atoms with Gasteiger partial charge in [-0.3, -0.25) is 0 Å². The fourth-order valence-corrected chi connectivity index (χ4v) is 1.31. The number of rotatable bonds is 6. The topological polar surface area (TPSA) is 50.9 Å². The van der Waals surface area contributed by atoms with Crippen LogP contribution in [0.15, 0.2) is 6.20 Å². The lowest BCUT2D eigenvalue weighted by Gasteiger charge is -2.02. The summed E-state index contributed by atoms with van der Waals surface area (Å²) < 4.78 is 1.77. The van der Waals surface area contributed by atoms with E-state index in [-0.39, 0.29) is 6.61 Å². The first-order valence-electron chi connectivity index (χ1n) is 4.86. The molecule has 0 atom stereocenters. The van der Waals surface area contributed by atoms with Gasteiger partial charge in [-0.25, -0.2) is 4.68 Å². The van der Waals surface area contributed by atoms with Crippen LogP contribution < -0.4 is 0 Å². The third-order valence-corrected chi connectivity index (χ3v) is 2.05. The quantitative estimate of drug-likeness (QED) is 0.669. The molecule has 74 valence electrons. The van der Waals surface area contributed by atoms with E-state index in [4.69, 9.17) is 5.11 Å². The lowest BCUT2D eigenvalue weighted by atomic mass is 10.2. The summed E-state index contributed by atoms with van der Waals surface area (Å²) in [7, 11) is 0. The second-order valence-corrected chi connectivity index (χ2v) is 3.13. The molecule has 1 aromatic heterocycles. The molecule has 0 radical (unpaired) electrons. The Morgan fingerprint density at radius 1 is 1.46 bits per heavy atom. The van der Waals surface area contributed by atoms with Gasteiger partial charge in [-0.2, -0.15) is 0 Å². The Morgan fingerprint density at radius 2 is 2.31 bits per heavy atom. The lowest BCUT2D eigenvalue weighted by Crippen LogP contribution is -2.08. The van der Waals surface area contributed by atoms with Gasteiger partial charge in [0.1, 0.15) is 0 Å². The maximum atomic E-state index is 8.75. The summed E-state index contributed by atoms with van der Waals surface area (Å²) in [6.07, 6.45) is 6.44. The molecule has 0 unspecified atom stereocenters. The third kappa shape index (κ3) is 3.14. The number of hydrogen-bond acceptors (Lipinski definition) is 3. The van der Waals surface area contributed by atoms with E-state index in [0.29, 0.717) is 6.54 Å². The van der Waals surface area contributed by atoms with Gasteiger partial charge < -0.3 is 5.11 Å². The number of nitrogens with zero attached hydrogens (tertiary/aromatic N) is 3. The minimum atomic E-state index is 0.129. The molecule has 4 nitrogen and oxygen atoms in total. The summed E-state index contributed by atoms with van der Waals surface area (Å²) in [6, 6.07) is 0. The Hall–Kier alpha value is -0.900. The van der Waals surface area contributed by atoms with Gasteiger partial charge in [0.2, 0.25) is 0 Å². The third-order valence-electron chi connectivity index (χ3n) is 2.05. The standard InChI is InChI=1S/C9H17N3O/c1-2-3-4-5-9-8-10-11-12(9)6-7-13/h8,13H,2-7H2,1H3. The number of aryl methyl sites for hydroxylation is 1. The Bertz CT molecular complexity index is 235. The molecular formula is C9H17N3O. The molecule has 0 aliphatic carbocycles. The zero-order valence-corrected chi connectivity index (χ0v) is 8.11. The van der Waals surface area contributed by atoms with Gasteiger partial charge in [-0.05, 0) is 12.8 Å². The van der Waals surface area contributed by atoms with Gasteiger partial charge >= 0.3 is 0 Å². The summed E-state index contributed by atoms with van der Waals surface area (Å²) in [6.45, 7) is 2.87. The van der Waals surface area contributed by atoms with Crippen molar-refractivity contribution in [2.75, 3.05) is 6.61 Å². The van der Waals surface area contributed by atoms with Gasteiger partial charge in [0.15, 0.2) is 0 Å². The highest BCUT2D eigenvalue weighted by molar-refractivity contribution is 4.93. The molecule has 1 aromatic rings. The number of aliphatic hydroxyl groups excluding tert-OH is 1. The summed E-state index contributed by atoms with van der Waals surface area (Å²) in [5, 5.41) is 16.5. The molecule has 0 saturated carbocycles. The van der Waals surface area contributed by atoms with Crippen LogP contribution in [0.5, 0.6) is 0 Å². The van der Waals surface area contributed by atoms with E-state index in [1.807, 2.05) is 0 Å². The van der Waals surface area contributed by atoms with Gasteiger partial charge in [0.05, 0.1) is 25.0 Å². The number of unbranched alkanes of at least 4 members (excludes halogenated alkanes) is 2. The predicted octanol–water partition coefficient (Wildman–Crippen LogP) is 1.00. The van der Waals surface area contributed by atoms with Crippen molar-refractivity contribution < 1.29 is 5.11 Å². The van der Waals surface area contributed by atoms with Crippen molar-refractivity contribution in [2.45, 2.75) is 39.2 Å². The largest absolute Gasteiger partial charge is 0.394 e. The Morgan fingerprint density at radius 3 is 3.00 bits per heavy atom. The van der Waals surface area contributed by atoms with E-state index in [9.17, 15) is 0 Å². The van der Waals surface area contributed by atoms with Crippen LogP contribution in [0.1, 0.15) is 31.9 Å². The molecule has 0 aliphatic rings. The molecule has 0 aliphatic heterocycles. The van der Waals surface area contributed by atoms with Crippen molar-refractivity contribution in [2.24, 2.45) is 0 Å². The molecule has 0 spiro atoms.